The lowest BCUT2D eigenvalue weighted by Gasteiger charge is -2.21. The lowest BCUT2D eigenvalue weighted by Crippen LogP contribution is -2.09. The zero-order valence-corrected chi connectivity index (χ0v) is 31.2. The summed E-state index contributed by atoms with van der Waals surface area (Å²) < 4.78 is 0. The van der Waals surface area contributed by atoms with Crippen LogP contribution in [0.15, 0.2) is 133 Å². The molecule has 1 aliphatic carbocycles. The van der Waals surface area contributed by atoms with Crippen LogP contribution in [0.25, 0.3) is 43.8 Å². The Kier molecular flexibility index (Phi) is 9.95. The molecule has 7 aromatic rings. The average molecular weight is 678 g/mol. The second-order valence-corrected chi connectivity index (χ2v) is 15.1. The first kappa shape index (κ1) is 34.0. The van der Waals surface area contributed by atoms with Gasteiger partial charge in [0.05, 0.1) is 0 Å². The molecule has 0 radical (unpaired) electrons. The van der Waals surface area contributed by atoms with Gasteiger partial charge in [0.25, 0.3) is 0 Å². The lowest BCUT2D eigenvalue weighted by molar-refractivity contribution is 0.677. The first-order valence-electron chi connectivity index (χ1n) is 19.6. The van der Waals surface area contributed by atoms with Gasteiger partial charge in [-0.15, -0.1) is 0 Å². The number of benzene rings is 7. The third-order valence-corrected chi connectivity index (χ3v) is 11.5. The van der Waals surface area contributed by atoms with Gasteiger partial charge in [0.15, 0.2) is 0 Å². The number of rotatable bonds is 13. The van der Waals surface area contributed by atoms with Gasteiger partial charge in [0.2, 0.25) is 0 Å². The molecule has 0 fully saturated rings. The smallest absolute Gasteiger partial charge is 0.0408 e. The number of hydrogen-bond donors (Lipinski definition) is 0. The Hall–Kier alpha value is -5.14. The molecule has 0 bridgehead atoms. The molecular formula is C51H51N. The van der Waals surface area contributed by atoms with Crippen LogP contribution >= 0.6 is 0 Å². The van der Waals surface area contributed by atoms with E-state index in [4.69, 9.17) is 0 Å². The molecule has 1 heteroatoms. The van der Waals surface area contributed by atoms with Gasteiger partial charge in [-0.2, -0.15) is 0 Å². The van der Waals surface area contributed by atoms with Gasteiger partial charge >= 0.3 is 0 Å². The summed E-state index contributed by atoms with van der Waals surface area (Å²) in [5.74, 6) is 0. The molecule has 0 saturated carbocycles. The number of aryl methyl sites for hydroxylation is 6. The normalized spacial score (nSPS) is 12.2. The van der Waals surface area contributed by atoms with Crippen molar-refractivity contribution in [2.45, 2.75) is 78.1 Å². The Morgan fingerprint density at radius 2 is 0.981 bits per heavy atom. The van der Waals surface area contributed by atoms with Crippen LogP contribution in [0.4, 0.5) is 11.4 Å². The van der Waals surface area contributed by atoms with Gasteiger partial charge in [-0.25, -0.2) is 0 Å². The predicted molar refractivity (Wildman–Crippen MR) is 225 cm³/mol. The molecule has 7 aromatic carbocycles. The quantitative estimate of drug-likeness (QED) is 0.0867. The molecule has 260 valence electrons. The van der Waals surface area contributed by atoms with E-state index in [2.05, 4.69) is 159 Å². The van der Waals surface area contributed by atoms with E-state index in [-0.39, 0.29) is 0 Å². The average Bonchev–Trinajstić information content (AvgIpc) is 3.17. The summed E-state index contributed by atoms with van der Waals surface area (Å²) in [4.78, 5) is 2.29. The Balaban J connectivity index is 1.11. The van der Waals surface area contributed by atoms with E-state index >= 15 is 0 Å². The van der Waals surface area contributed by atoms with Crippen molar-refractivity contribution in [1.29, 1.82) is 0 Å². The van der Waals surface area contributed by atoms with E-state index in [0.29, 0.717) is 0 Å². The maximum atomic E-state index is 2.50. The molecule has 1 aliphatic rings. The fourth-order valence-electron chi connectivity index (χ4n) is 8.23. The maximum Gasteiger partial charge on any atom is 0.0408 e. The highest BCUT2D eigenvalue weighted by molar-refractivity contribution is 6.21. The summed E-state index contributed by atoms with van der Waals surface area (Å²) in [5.41, 5.74) is 16.4. The minimum atomic E-state index is 1.11. The molecule has 0 heterocycles. The fourth-order valence-corrected chi connectivity index (χ4v) is 8.23. The lowest BCUT2D eigenvalue weighted by atomic mass is 9.85. The molecule has 52 heavy (non-hydrogen) atoms. The topological polar surface area (TPSA) is 3.24 Å². The summed E-state index contributed by atoms with van der Waals surface area (Å²) in [5, 5.41) is 5.29. The van der Waals surface area contributed by atoms with Crippen LogP contribution in [0.1, 0.15) is 72.4 Å². The van der Waals surface area contributed by atoms with Crippen molar-refractivity contribution >= 4 is 32.9 Å². The van der Waals surface area contributed by atoms with Crippen LogP contribution < -0.4 is 4.90 Å². The predicted octanol–water partition coefficient (Wildman–Crippen LogP) is 13.8. The first-order chi connectivity index (χ1) is 25.6. The summed E-state index contributed by atoms with van der Waals surface area (Å²) in [6.45, 7) is 4.43. The van der Waals surface area contributed by atoms with E-state index in [9.17, 15) is 0 Å². The maximum absolute atomic E-state index is 2.50. The summed E-state index contributed by atoms with van der Waals surface area (Å²) >= 11 is 0. The summed E-state index contributed by atoms with van der Waals surface area (Å²) in [6, 6.07) is 50.9. The zero-order chi connectivity index (χ0) is 35.4. The Morgan fingerprint density at radius 3 is 1.60 bits per heavy atom. The van der Waals surface area contributed by atoms with Crippen LogP contribution in [0, 0.1) is 6.92 Å². The largest absolute Gasteiger partial charge is 0.345 e. The van der Waals surface area contributed by atoms with Crippen molar-refractivity contribution in [2.75, 3.05) is 11.9 Å². The molecule has 0 spiro atoms. The molecular weight excluding hydrogens is 627 g/mol. The molecule has 0 N–H and O–H groups in total. The standard InChI is InChI=1S/C51H51N/c1-4-5-11-37-19-29-44(30-20-37)52(3)45-31-27-42(28-32-45)50-46-14-9-10-15-47(46)51(41-22-16-36(2)17-23-41)49-35-39(21-33-48(49)50)13-8-6-7-12-38-18-24-40-25-26-43(40)34-38/h9-10,14-24,27-35H,4-8,11-13,25-26H2,1-3H3. The van der Waals surface area contributed by atoms with Crippen molar-refractivity contribution in [1.82, 2.24) is 0 Å². The number of hydrogen-bond acceptors (Lipinski definition) is 1. The van der Waals surface area contributed by atoms with E-state index < -0.39 is 0 Å². The molecule has 0 amide bonds. The fraction of sp³-hybridized carbons (Fsp3) is 0.255. The third kappa shape index (κ3) is 7.02. The van der Waals surface area contributed by atoms with Gasteiger partial charge < -0.3 is 4.90 Å². The van der Waals surface area contributed by atoms with Gasteiger partial charge in [-0.3, -0.25) is 0 Å². The molecule has 8 rings (SSSR count). The Bertz CT molecular complexity index is 2310. The molecule has 0 saturated heterocycles. The summed E-state index contributed by atoms with van der Waals surface area (Å²) in [7, 11) is 2.17. The number of unbranched alkanes of at least 4 members (excludes halogenated alkanes) is 3. The first-order valence-corrected chi connectivity index (χ1v) is 19.6. The molecule has 0 aromatic heterocycles. The van der Waals surface area contributed by atoms with E-state index in [0.717, 1.165) is 12.8 Å². The Morgan fingerprint density at radius 1 is 0.462 bits per heavy atom. The van der Waals surface area contributed by atoms with Crippen LogP contribution in [0.2, 0.25) is 0 Å². The van der Waals surface area contributed by atoms with Gasteiger partial charge in [-0.1, -0.05) is 135 Å². The molecule has 1 nitrogen and oxygen atoms in total. The zero-order valence-electron chi connectivity index (χ0n) is 31.2. The van der Waals surface area contributed by atoms with Crippen LogP contribution in [0.3, 0.4) is 0 Å². The number of fused-ring (bicyclic) bond motifs is 3. The second-order valence-electron chi connectivity index (χ2n) is 15.1. The third-order valence-electron chi connectivity index (χ3n) is 11.5. The minimum absolute atomic E-state index is 1.11. The van der Waals surface area contributed by atoms with Crippen molar-refractivity contribution in [3.8, 4) is 22.3 Å². The monoisotopic (exact) mass is 677 g/mol. The van der Waals surface area contributed by atoms with Crippen LogP contribution in [-0.2, 0) is 32.1 Å². The highest BCUT2D eigenvalue weighted by atomic mass is 15.1. The van der Waals surface area contributed by atoms with Crippen LogP contribution in [-0.4, -0.2) is 7.05 Å². The summed E-state index contributed by atoms with van der Waals surface area (Å²) in [6.07, 6.45) is 12.2. The van der Waals surface area contributed by atoms with E-state index in [1.165, 1.54) is 129 Å². The second kappa shape index (κ2) is 15.2. The highest BCUT2D eigenvalue weighted by Gasteiger charge is 2.18. The van der Waals surface area contributed by atoms with Crippen LogP contribution in [0.5, 0.6) is 0 Å². The van der Waals surface area contributed by atoms with E-state index in [1.54, 1.807) is 11.1 Å². The number of nitrogens with zero attached hydrogens (tertiary/aromatic N) is 1. The molecule has 0 aliphatic heterocycles. The van der Waals surface area contributed by atoms with Gasteiger partial charge in [0.1, 0.15) is 0 Å². The van der Waals surface area contributed by atoms with Crippen molar-refractivity contribution in [3.63, 3.8) is 0 Å². The van der Waals surface area contributed by atoms with Crippen molar-refractivity contribution in [2.24, 2.45) is 0 Å². The molecule has 0 atom stereocenters. The Labute approximate surface area is 311 Å². The van der Waals surface area contributed by atoms with Crippen molar-refractivity contribution < 1.29 is 0 Å². The van der Waals surface area contributed by atoms with Crippen molar-refractivity contribution in [3.05, 3.63) is 167 Å². The van der Waals surface area contributed by atoms with E-state index in [1.807, 2.05) is 0 Å². The number of anilines is 2. The van der Waals surface area contributed by atoms with Gasteiger partial charge in [0, 0.05) is 18.4 Å². The van der Waals surface area contributed by atoms with Gasteiger partial charge in [-0.05, 0) is 154 Å². The minimum Gasteiger partial charge on any atom is -0.345 e. The highest BCUT2D eigenvalue weighted by Crippen LogP contribution is 2.44. The SMILES string of the molecule is CCCCc1ccc(N(C)c2ccc(-c3c4ccccc4c(-c4ccc(C)cc4)c4cc(CCCCCc5ccc6c(c5)CC6)ccc34)cc2)cc1. The molecule has 0 unspecified atom stereocenters.